The van der Waals surface area contributed by atoms with E-state index in [1.807, 2.05) is 59.4 Å². The molecule has 1 saturated carbocycles. The fourth-order valence-electron chi connectivity index (χ4n) is 5.65. The van der Waals surface area contributed by atoms with Gasteiger partial charge in [0.25, 0.3) is 5.91 Å². The molecule has 210 valence electrons. The van der Waals surface area contributed by atoms with Crippen LogP contribution in [0.25, 0.3) is 5.69 Å². The van der Waals surface area contributed by atoms with E-state index in [1.54, 1.807) is 6.07 Å². The Balaban J connectivity index is 0.887. The number of para-hydroxylation sites is 3. The third-order valence-corrected chi connectivity index (χ3v) is 8.31. The summed E-state index contributed by atoms with van der Waals surface area (Å²) in [5, 5.41) is 7.44. The number of amides is 1. The molecule has 2 heterocycles. The van der Waals surface area contributed by atoms with Crippen molar-refractivity contribution in [2.45, 2.75) is 38.0 Å². The van der Waals surface area contributed by atoms with Gasteiger partial charge in [-0.3, -0.25) is 9.79 Å². The molecule has 3 N–H and O–H groups in total. The van der Waals surface area contributed by atoms with E-state index in [0.29, 0.717) is 28.8 Å². The monoisotopic (exact) mass is 546 g/mol. The number of piperidine rings is 1. The van der Waals surface area contributed by atoms with E-state index in [1.165, 1.54) is 29.7 Å². The van der Waals surface area contributed by atoms with Crippen LogP contribution in [0.4, 0.5) is 11.4 Å². The Hall–Kier alpha value is -4.23. The van der Waals surface area contributed by atoms with E-state index >= 15 is 0 Å². The zero-order valence-electron chi connectivity index (χ0n) is 23.5. The lowest BCUT2D eigenvalue weighted by Crippen LogP contribution is -2.35. The van der Waals surface area contributed by atoms with Crippen LogP contribution in [0.2, 0.25) is 0 Å². The molecule has 0 bridgehead atoms. The molecule has 0 spiro atoms. The molecule has 6 rings (SSSR count). The lowest BCUT2D eigenvalue weighted by atomic mass is 9.96. The Morgan fingerprint density at radius 2 is 1.73 bits per heavy atom. The molecular formula is C34H38N6O. The van der Waals surface area contributed by atoms with Gasteiger partial charge in [0.15, 0.2) is 0 Å². The molecular weight excluding hydrogens is 508 g/mol. The molecule has 0 unspecified atom stereocenters. The number of aromatic nitrogens is 2. The van der Waals surface area contributed by atoms with Gasteiger partial charge >= 0.3 is 0 Å². The minimum Gasteiger partial charge on any atom is -0.397 e. The number of anilines is 2. The van der Waals surface area contributed by atoms with E-state index in [-0.39, 0.29) is 5.91 Å². The van der Waals surface area contributed by atoms with E-state index in [2.05, 4.69) is 45.8 Å². The molecule has 1 atom stereocenters. The summed E-state index contributed by atoms with van der Waals surface area (Å²) in [6, 6.07) is 25.5. The molecule has 1 saturated heterocycles. The van der Waals surface area contributed by atoms with Gasteiger partial charge in [-0.2, -0.15) is 5.10 Å². The van der Waals surface area contributed by atoms with Crippen LogP contribution >= 0.6 is 0 Å². The first-order valence-corrected chi connectivity index (χ1v) is 14.7. The Bertz CT molecular complexity index is 1490. The first-order valence-electron chi connectivity index (χ1n) is 14.7. The number of carbonyl (C=O) groups excluding carboxylic acids is 1. The standard InChI is InChI=1S/C34H38N6O/c35-31-10-4-5-11-32(31)38-34(41)27-14-12-25(13-15-27)7-6-18-39-19-16-26(17-20-39)22-36-33-21-30(33)28-23-37-40(24-28)29-8-2-1-3-9-29/h1-5,8-15,23-24,26,30H,6-7,16-22,35H2,(H,38,41)/t30-/m1/s1. The van der Waals surface area contributed by atoms with Crippen molar-refractivity contribution >= 4 is 23.0 Å². The van der Waals surface area contributed by atoms with Gasteiger partial charge in [-0.25, -0.2) is 4.68 Å². The minimum atomic E-state index is -0.140. The average Bonchev–Trinajstić information content (AvgIpc) is 3.62. The second-order valence-corrected chi connectivity index (χ2v) is 11.3. The van der Waals surface area contributed by atoms with Gasteiger partial charge in [-0.15, -0.1) is 0 Å². The smallest absolute Gasteiger partial charge is 0.255 e. The molecule has 3 aromatic carbocycles. The second kappa shape index (κ2) is 12.5. The van der Waals surface area contributed by atoms with Crippen molar-refractivity contribution in [1.29, 1.82) is 0 Å². The Kier molecular flexibility index (Phi) is 8.23. The van der Waals surface area contributed by atoms with Crippen LogP contribution in [0.1, 0.15) is 53.1 Å². The molecule has 1 aliphatic heterocycles. The predicted molar refractivity (Wildman–Crippen MR) is 166 cm³/mol. The Morgan fingerprint density at radius 3 is 2.51 bits per heavy atom. The molecule has 7 heteroatoms. The molecule has 4 aromatic rings. The summed E-state index contributed by atoms with van der Waals surface area (Å²) >= 11 is 0. The molecule has 0 radical (unpaired) electrons. The summed E-state index contributed by atoms with van der Waals surface area (Å²) in [6.45, 7) is 4.39. The number of aryl methyl sites for hydroxylation is 1. The number of rotatable bonds is 10. The highest BCUT2D eigenvalue weighted by molar-refractivity contribution is 6.06. The highest BCUT2D eigenvalue weighted by atomic mass is 16.1. The third-order valence-electron chi connectivity index (χ3n) is 8.31. The Labute approximate surface area is 242 Å². The van der Waals surface area contributed by atoms with Crippen molar-refractivity contribution < 1.29 is 4.79 Å². The summed E-state index contributed by atoms with van der Waals surface area (Å²) < 4.78 is 1.96. The fraction of sp³-hybridized carbons (Fsp3) is 0.324. The molecule has 2 aliphatic rings. The van der Waals surface area contributed by atoms with E-state index in [4.69, 9.17) is 10.7 Å². The number of hydrogen-bond acceptors (Lipinski definition) is 5. The van der Waals surface area contributed by atoms with E-state index < -0.39 is 0 Å². The summed E-state index contributed by atoms with van der Waals surface area (Å²) in [5.41, 5.74) is 12.8. The summed E-state index contributed by atoms with van der Waals surface area (Å²) in [5.74, 6) is 1.01. The largest absolute Gasteiger partial charge is 0.397 e. The number of nitrogen functional groups attached to an aromatic ring is 1. The van der Waals surface area contributed by atoms with Crippen LogP contribution in [0, 0.1) is 5.92 Å². The SMILES string of the molecule is Nc1ccccc1NC(=O)c1ccc(CCCN2CCC(CN=C3C[C@@H]3c3cnn(-c4ccccc4)c3)CC2)cc1. The van der Waals surface area contributed by atoms with Crippen LogP contribution in [0.3, 0.4) is 0 Å². The van der Waals surface area contributed by atoms with Gasteiger partial charge in [0.05, 0.1) is 23.3 Å². The van der Waals surface area contributed by atoms with Crippen molar-refractivity contribution in [2.24, 2.45) is 10.9 Å². The number of hydrogen-bond donors (Lipinski definition) is 2. The second-order valence-electron chi connectivity index (χ2n) is 11.3. The topological polar surface area (TPSA) is 88.5 Å². The number of aliphatic imine (C=N–C) groups is 1. The Morgan fingerprint density at radius 1 is 0.976 bits per heavy atom. The highest BCUT2D eigenvalue weighted by Crippen LogP contribution is 2.38. The van der Waals surface area contributed by atoms with Crippen LogP contribution in [-0.4, -0.2) is 52.5 Å². The number of nitrogens with zero attached hydrogens (tertiary/aromatic N) is 4. The van der Waals surface area contributed by atoms with Gasteiger partial charge < -0.3 is 16.0 Å². The maximum atomic E-state index is 12.6. The van der Waals surface area contributed by atoms with Crippen LogP contribution in [0.15, 0.2) is 96.2 Å². The van der Waals surface area contributed by atoms with E-state index in [0.717, 1.165) is 51.1 Å². The van der Waals surface area contributed by atoms with Crippen LogP contribution in [0.5, 0.6) is 0 Å². The number of carbonyl (C=O) groups is 1. The maximum absolute atomic E-state index is 12.6. The predicted octanol–water partition coefficient (Wildman–Crippen LogP) is 5.98. The third kappa shape index (κ3) is 6.92. The van der Waals surface area contributed by atoms with Crippen molar-refractivity contribution in [1.82, 2.24) is 14.7 Å². The maximum Gasteiger partial charge on any atom is 0.255 e. The van der Waals surface area contributed by atoms with Gasteiger partial charge in [-0.1, -0.05) is 42.5 Å². The van der Waals surface area contributed by atoms with E-state index in [9.17, 15) is 4.79 Å². The van der Waals surface area contributed by atoms with Crippen molar-refractivity contribution in [3.8, 4) is 5.69 Å². The zero-order chi connectivity index (χ0) is 28.0. The van der Waals surface area contributed by atoms with Crippen LogP contribution < -0.4 is 11.1 Å². The number of nitrogens with one attached hydrogen (secondary N) is 1. The summed E-state index contributed by atoms with van der Waals surface area (Å²) in [6.07, 6.45) is 9.81. The number of nitrogens with two attached hydrogens (primary N) is 1. The van der Waals surface area contributed by atoms with Crippen molar-refractivity contribution in [2.75, 3.05) is 37.2 Å². The molecule has 2 fully saturated rings. The first kappa shape index (κ1) is 27.0. The van der Waals surface area contributed by atoms with Crippen molar-refractivity contribution in [3.05, 3.63) is 108 Å². The molecule has 7 nitrogen and oxygen atoms in total. The molecule has 41 heavy (non-hydrogen) atoms. The van der Waals surface area contributed by atoms with Gasteiger partial charge in [0.1, 0.15) is 0 Å². The molecule has 1 aliphatic carbocycles. The molecule has 1 aromatic heterocycles. The average molecular weight is 547 g/mol. The minimum absolute atomic E-state index is 0.140. The lowest BCUT2D eigenvalue weighted by molar-refractivity contribution is 0.102. The number of likely N-dealkylation sites (tertiary alicyclic amines) is 1. The lowest BCUT2D eigenvalue weighted by Gasteiger charge is -2.31. The van der Waals surface area contributed by atoms with Gasteiger partial charge in [0, 0.05) is 29.9 Å². The first-order chi connectivity index (χ1) is 20.1. The normalized spacial score (nSPS) is 18.4. The van der Waals surface area contributed by atoms with Gasteiger partial charge in [0.2, 0.25) is 0 Å². The quantitative estimate of drug-likeness (QED) is 0.240. The van der Waals surface area contributed by atoms with Crippen LogP contribution in [-0.2, 0) is 6.42 Å². The fourth-order valence-corrected chi connectivity index (χ4v) is 5.65. The summed E-state index contributed by atoms with van der Waals surface area (Å²) in [7, 11) is 0. The summed E-state index contributed by atoms with van der Waals surface area (Å²) in [4.78, 5) is 20.1. The molecule has 1 amide bonds. The van der Waals surface area contributed by atoms with Crippen molar-refractivity contribution in [3.63, 3.8) is 0 Å². The zero-order valence-corrected chi connectivity index (χ0v) is 23.5. The van der Waals surface area contributed by atoms with Gasteiger partial charge in [-0.05, 0) is 105 Å². The number of benzene rings is 3. The highest BCUT2D eigenvalue weighted by Gasteiger charge is 2.34.